The van der Waals surface area contributed by atoms with Crippen molar-refractivity contribution in [2.45, 2.75) is 50.7 Å². The van der Waals surface area contributed by atoms with Gasteiger partial charge in [-0.2, -0.15) is 5.10 Å². The highest BCUT2D eigenvalue weighted by Crippen LogP contribution is 2.28. The quantitative estimate of drug-likeness (QED) is 0.361. The van der Waals surface area contributed by atoms with Crippen LogP contribution in [0.2, 0.25) is 0 Å². The number of nitrogens with zero attached hydrogens (tertiary/aromatic N) is 1. The van der Waals surface area contributed by atoms with Gasteiger partial charge in [-0.25, -0.2) is 0 Å². The van der Waals surface area contributed by atoms with E-state index < -0.39 is 5.97 Å². The minimum absolute atomic E-state index is 0.145. The Morgan fingerprint density at radius 2 is 2.00 bits per heavy atom. The number of H-pyrrole nitrogens is 1. The lowest BCUT2D eigenvalue weighted by atomic mass is 9.83. The van der Waals surface area contributed by atoms with E-state index in [1.54, 1.807) is 7.11 Å². The predicted molar refractivity (Wildman–Crippen MR) is 104 cm³/mol. The average Bonchev–Trinajstić information content (AvgIpc) is 3.36. The zero-order valence-corrected chi connectivity index (χ0v) is 17.1. The molecule has 2 amide bonds. The van der Waals surface area contributed by atoms with Crippen LogP contribution >= 0.6 is 0 Å². The van der Waals surface area contributed by atoms with Gasteiger partial charge in [0.2, 0.25) is 5.91 Å². The summed E-state index contributed by atoms with van der Waals surface area (Å²) in [6.07, 6.45) is 4.27. The molecule has 11 nitrogen and oxygen atoms in total. The van der Waals surface area contributed by atoms with Gasteiger partial charge in [0.1, 0.15) is 6.54 Å². The van der Waals surface area contributed by atoms with E-state index in [4.69, 9.17) is 14.6 Å². The molecule has 166 valence electrons. The summed E-state index contributed by atoms with van der Waals surface area (Å²) in [6.45, 7) is -0.395. The number of rotatable bonds is 6. The van der Waals surface area contributed by atoms with E-state index in [1.165, 1.54) is 7.11 Å². The largest absolute Gasteiger partial charge is 0.483 e. The summed E-state index contributed by atoms with van der Waals surface area (Å²) >= 11 is 0. The standard InChI is InChI=1S/C18H26N4O5.CH2O2/c1-26-14-8-10(17(24)19-9-15(23)27-2)6-7-13(14)20-18(25)16-11-4-3-5-12(11)21-22-16;2-1-3/h10,13-14H,3-9H2,1-2H3,(H,19,24)(H,20,25)(H,21,22);1H,(H,2,3)/t10-,13-,14-;/m0./s1. The number of carboxylic acid groups (broad SMARTS) is 1. The fourth-order valence-corrected chi connectivity index (χ4v) is 3.91. The van der Waals surface area contributed by atoms with Crippen molar-refractivity contribution in [3.63, 3.8) is 0 Å². The Morgan fingerprint density at radius 1 is 1.27 bits per heavy atom. The van der Waals surface area contributed by atoms with Gasteiger partial charge in [0.25, 0.3) is 12.4 Å². The Morgan fingerprint density at radius 3 is 2.67 bits per heavy atom. The number of carbonyl (C=O) groups excluding carboxylic acids is 3. The summed E-state index contributed by atoms with van der Waals surface area (Å²) in [6, 6.07) is -0.180. The molecule has 0 bridgehead atoms. The Bertz CT molecular complexity index is 764. The third-order valence-electron chi connectivity index (χ3n) is 5.44. The van der Waals surface area contributed by atoms with Gasteiger partial charge >= 0.3 is 5.97 Å². The van der Waals surface area contributed by atoms with Crippen LogP contribution in [-0.4, -0.2) is 72.5 Å². The summed E-state index contributed by atoms with van der Waals surface area (Å²) in [4.78, 5) is 44.4. The highest BCUT2D eigenvalue weighted by atomic mass is 16.5. The van der Waals surface area contributed by atoms with E-state index in [-0.39, 0.29) is 42.9 Å². The maximum atomic E-state index is 12.6. The molecule has 30 heavy (non-hydrogen) atoms. The first kappa shape index (κ1) is 23.3. The molecular weight excluding hydrogens is 396 g/mol. The lowest BCUT2D eigenvalue weighted by molar-refractivity contribution is -0.142. The molecule has 0 aliphatic heterocycles. The summed E-state index contributed by atoms with van der Waals surface area (Å²) in [5.41, 5.74) is 2.53. The molecule has 2 aliphatic carbocycles. The molecule has 0 spiro atoms. The van der Waals surface area contributed by atoms with Gasteiger partial charge < -0.3 is 25.2 Å². The second-order valence-electron chi connectivity index (χ2n) is 7.15. The number of fused-ring (bicyclic) bond motifs is 1. The van der Waals surface area contributed by atoms with Gasteiger partial charge in [-0.15, -0.1) is 0 Å². The fraction of sp³-hybridized carbons (Fsp3) is 0.632. The smallest absolute Gasteiger partial charge is 0.325 e. The second kappa shape index (κ2) is 11.3. The lowest BCUT2D eigenvalue weighted by Gasteiger charge is -2.35. The third-order valence-corrected chi connectivity index (χ3v) is 5.44. The highest BCUT2D eigenvalue weighted by molar-refractivity contribution is 5.94. The first-order valence-corrected chi connectivity index (χ1v) is 9.77. The van der Waals surface area contributed by atoms with Crippen molar-refractivity contribution in [1.82, 2.24) is 20.8 Å². The highest BCUT2D eigenvalue weighted by Gasteiger charge is 2.36. The van der Waals surface area contributed by atoms with Crippen LogP contribution < -0.4 is 10.6 Å². The van der Waals surface area contributed by atoms with Crippen LogP contribution in [0.1, 0.15) is 47.4 Å². The van der Waals surface area contributed by atoms with E-state index >= 15 is 0 Å². The summed E-state index contributed by atoms with van der Waals surface area (Å²) in [5.74, 6) is -1.14. The number of carbonyl (C=O) groups is 4. The fourth-order valence-electron chi connectivity index (χ4n) is 3.91. The molecule has 2 aliphatic rings. The van der Waals surface area contributed by atoms with Crippen LogP contribution in [0.4, 0.5) is 0 Å². The van der Waals surface area contributed by atoms with Crippen LogP contribution in [0, 0.1) is 5.92 Å². The number of aromatic nitrogens is 2. The molecule has 1 aromatic rings. The minimum Gasteiger partial charge on any atom is -0.483 e. The summed E-state index contributed by atoms with van der Waals surface area (Å²) in [7, 11) is 2.85. The van der Waals surface area contributed by atoms with Gasteiger partial charge in [-0.3, -0.25) is 24.3 Å². The van der Waals surface area contributed by atoms with Crippen LogP contribution in [0.15, 0.2) is 0 Å². The molecule has 1 aromatic heterocycles. The summed E-state index contributed by atoms with van der Waals surface area (Å²) < 4.78 is 10.1. The van der Waals surface area contributed by atoms with Crippen molar-refractivity contribution in [1.29, 1.82) is 0 Å². The van der Waals surface area contributed by atoms with E-state index in [9.17, 15) is 14.4 Å². The number of hydrogen-bond donors (Lipinski definition) is 4. The molecule has 0 radical (unpaired) electrons. The molecule has 1 fully saturated rings. The first-order valence-electron chi connectivity index (χ1n) is 9.77. The van der Waals surface area contributed by atoms with E-state index in [0.29, 0.717) is 25.0 Å². The van der Waals surface area contributed by atoms with E-state index in [2.05, 4.69) is 25.6 Å². The SMILES string of the molecule is COC(=O)CNC(=O)[C@H]1CC[C@H](NC(=O)c2n[nH]c3c2CCC3)[C@@H](OC)C1.O=CO. The number of esters is 1. The normalized spacial score (nSPS) is 22.1. The number of ether oxygens (including phenoxy) is 2. The van der Waals surface area contributed by atoms with Crippen molar-refractivity contribution in [3.8, 4) is 0 Å². The summed E-state index contributed by atoms with van der Waals surface area (Å²) in [5, 5.41) is 19.6. The lowest BCUT2D eigenvalue weighted by Crippen LogP contribution is -2.50. The molecule has 0 saturated heterocycles. The van der Waals surface area contributed by atoms with Crippen molar-refractivity contribution in [2.24, 2.45) is 5.92 Å². The van der Waals surface area contributed by atoms with Crippen molar-refractivity contribution in [3.05, 3.63) is 17.0 Å². The Kier molecular flexibility index (Phi) is 8.78. The zero-order chi connectivity index (χ0) is 22.1. The minimum atomic E-state index is -0.487. The Hall–Kier alpha value is -2.95. The molecule has 0 aromatic carbocycles. The van der Waals surface area contributed by atoms with Crippen molar-refractivity contribution >= 4 is 24.3 Å². The zero-order valence-electron chi connectivity index (χ0n) is 17.1. The average molecular weight is 424 g/mol. The van der Waals surface area contributed by atoms with Gasteiger partial charge in [0.05, 0.1) is 19.3 Å². The molecule has 4 N–H and O–H groups in total. The third kappa shape index (κ3) is 5.78. The maximum absolute atomic E-state index is 12.6. The molecule has 1 saturated carbocycles. The van der Waals surface area contributed by atoms with Crippen LogP contribution in [-0.2, 0) is 36.7 Å². The number of amides is 2. The monoisotopic (exact) mass is 424 g/mol. The maximum Gasteiger partial charge on any atom is 0.325 e. The number of hydrogen-bond acceptors (Lipinski definition) is 7. The van der Waals surface area contributed by atoms with Gasteiger partial charge in [0.15, 0.2) is 5.69 Å². The van der Waals surface area contributed by atoms with Gasteiger partial charge in [-0.1, -0.05) is 0 Å². The van der Waals surface area contributed by atoms with Crippen LogP contribution in [0.3, 0.4) is 0 Å². The van der Waals surface area contributed by atoms with Crippen molar-refractivity contribution in [2.75, 3.05) is 20.8 Å². The number of aromatic amines is 1. The molecule has 0 unspecified atom stereocenters. The van der Waals surface area contributed by atoms with E-state index in [1.807, 2.05) is 0 Å². The first-order chi connectivity index (χ1) is 14.4. The molecule has 3 atom stereocenters. The number of aryl methyl sites for hydroxylation is 1. The van der Waals surface area contributed by atoms with Crippen LogP contribution in [0.5, 0.6) is 0 Å². The molecule has 3 rings (SSSR count). The molecular formula is C19H28N4O7. The topological polar surface area (TPSA) is 160 Å². The molecule has 1 heterocycles. The Labute approximate surface area is 173 Å². The Balaban J connectivity index is 0.00000101. The van der Waals surface area contributed by atoms with Gasteiger partial charge in [-0.05, 0) is 38.5 Å². The van der Waals surface area contributed by atoms with Crippen molar-refractivity contribution < 1.29 is 33.8 Å². The number of methoxy groups -OCH3 is 2. The predicted octanol–water partition coefficient (Wildman–Crippen LogP) is -0.198. The van der Waals surface area contributed by atoms with Crippen LogP contribution in [0.25, 0.3) is 0 Å². The second-order valence-corrected chi connectivity index (χ2v) is 7.15. The molecule has 11 heteroatoms. The van der Waals surface area contributed by atoms with E-state index in [0.717, 1.165) is 30.5 Å². The number of nitrogens with one attached hydrogen (secondary N) is 3. The van der Waals surface area contributed by atoms with Gasteiger partial charge in [0, 0.05) is 24.3 Å².